The maximum absolute atomic E-state index is 11.9. The van der Waals surface area contributed by atoms with Crippen molar-refractivity contribution >= 4 is 23.7 Å². The van der Waals surface area contributed by atoms with Crippen molar-refractivity contribution in [3.05, 3.63) is 12.2 Å². The van der Waals surface area contributed by atoms with Gasteiger partial charge in [-0.1, -0.05) is 6.58 Å². The lowest BCUT2D eigenvalue weighted by atomic mass is 10.2. The van der Waals surface area contributed by atoms with Gasteiger partial charge in [-0.2, -0.15) is 0 Å². The van der Waals surface area contributed by atoms with E-state index in [0.29, 0.717) is 0 Å². The van der Waals surface area contributed by atoms with Gasteiger partial charge in [-0.3, -0.25) is 14.4 Å². The van der Waals surface area contributed by atoms with E-state index in [1.807, 2.05) is 0 Å². The van der Waals surface area contributed by atoms with Crippen LogP contribution in [0.25, 0.3) is 0 Å². The van der Waals surface area contributed by atoms with E-state index in [1.54, 1.807) is 0 Å². The first-order chi connectivity index (χ1) is 10.1. The van der Waals surface area contributed by atoms with Gasteiger partial charge in [0.05, 0.1) is 7.11 Å². The monoisotopic (exact) mass is 313 g/mol. The highest BCUT2D eigenvalue weighted by molar-refractivity contribution is 5.97. The fourth-order valence-corrected chi connectivity index (χ4v) is 1.36. The standard InChI is InChI=1S/C14H23N3O5/c1-7(2)11(18)15-8(3)12(19)16-9(4)13(20)17-10(5)14(21)22-6/h8-10H,1H2,2-6H3,(H,15,18)(H,16,19)(H,17,20)/t8-,9-,10-/m0/s1. The Kier molecular flexibility index (Phi) is 7.85. The van der Waals surface area contributed by atoms with Gasteiger partial charge in [0.2, 0.25) is 17.7 Å². The maximum atomic E-state index is 11.9. The van der Waals surface area contributed by atoms with Crippen molar-refractivity contribution in [3.8, 4) is 0 Å². The van der Waals surface area contributed by atoms with Crippen LogP contribution in [0, 0.1) is 0 Å². The van der Waals surface area contributed by atoms with Crippen LogP contribution in [0.1, 0.15) is 27.7 Å². The Morgan fingerprint density at radius 3 is 1.68 bits per heavy atom. The summed E-state index contributed by atoms with van der Waals surface area (Å²) in [5.74, 6) is -2.10. The lowest BCUT2D eigenvalue weighted by Crippen LogP contribution is -2.53. The molecule has 8 heteroatoms. The third kappa shape index (κ3) is 6.38. The van der Waals surface area contributed by atoms with E-state index in [0.717, 1.165) is 0 Å². The van der Waals surface area contributed by atoms with Crippen LogP contribution in [0.15, 0.2) is 12.2 Å². The number of carbonyl (C=O) groups is 4. The van der Waals surface area contributed by atoms with Crippen LogP contribution in [0.2, 0.25) is 0 Å². The molecule has 0 bridgehead atoms. The summed E-state index contributed by atoms with van der Waals surface area (Å²) in [5, 5.41) is 7.28. The SMILES string of the molecule is C=C(C)C(=O)N[C@@H](C)C(=O)N[C@@H](C)C(=O)N[C@@H](C)C(=O)OC. The molecule has 0 radical (unpaired) electrons. The van der Waals surface area contributed by atoms with Crippen LogP contribution < -0.4 is 16.0 Å². The van der Waals surface area contributed by atoms with Crippen molar-refractivity contribution in [1.29, 1.82) is 0 Å². The number of rotatable bonds is 7. The number of carbonyl (C=O) groups excluding carboxylic acids is 4. The highest BCUT2D eigenvalue weighted by Crippen LogP contribution is 1.93. The molecule has 0 aliphatic heterocycles. The molecule has 3 atom stereocenters. The van der Waals surface area contributed by atoms with E-state index in [2.05, 4.69) is 27.3 Å². The van der Waals surface area contributed by atoms with Crippen LogP contribution in [-0.4, -0.2) is 48.9 Å². The molecule has 0 aromatic carbocycles. The summed E-state index contributed by atoms with van der Waals surface area (Å²) in [6.45, 7) is 9.39. The van der Waals surface area contributed by atoms with E-state index in [9.17, 15) is 19.2 Å². The summed E-state index contributed by atoms with van der Waals surface area (Å²) in [7, 11) is 1.21. The molecule has 0 heterocycles. The summed E-state index contributed by atoms with van der Waals surface area (Å²) < 4.78 is 4.48. The Hall–Kier alpha value is -2.38. The van der Waals surface area contributed by atoms with Gasteiger partial charge in [0.15, 0.2) is 0 Å². The van der Waals surface area contributed by atoms with Crippen molar-refractivity contribution < 1.29 is 23.9 Å². The summed E-state index contributed by atoms with van der Waals surface area (Å²) >= 11 is 0. The molecule has 0 aliphatic carbocycles. The summed E-state index contributed by atoms with van der Waals surface area (Å²) in [6, 6.07) is -2.52. The molecule has 0 spiro atoms. The maximum Gasteiger partial charge on any atom is 0.328 e. The molecule has 0 fully saturated rings. The minimum Gasteiger partial charge on any atom is -0.467 e. The van der Waals surface area contributed by atoms with Crippen molar-refractivity contribution in [2.75, 3.05) is 7.11 Å². The predicted molar refractivity (Wildman–Crippen MR) is 79.6 cm³/mol. The Labute approximate surface area is 129 Å². The number of ether oxygens (including phenoxy) is 1. The minimum atomic E-state index is -0.871. The highest BCUT2D eigenvalue weighted by atomic mass is 16.5. The molecule has 0 aliphatic rings. The van der Waals surface area contributed by atoms with Gasteiger partial charge < -0.3 is 20.7 Å². The third-order valence-corrected chi connectivity index (χ3v) is 2.79. The van der Waals surface area contributed by atoms with Crippen molar-refractivity contribution in [3.63, 3.8) is 0 Å². The molecule has 0 aromatic heterocycles. The Bertz CT molecular complexity index is 475. The average molecular weight is 313 g/mol. The van der Waals surface area contributed by atoms with Gasteiger partial charge in [0, 0.05) is 5.57 Å². The highest BCUT2D eigenvalue weighted by Gasteiger charge is 2.23. The van der Waals surface area contributed by atoms with Gasteiger partial charge in [-0.15, -0.1) is 0 Å². The second kappa shape index (κ2) is 8.81. The van der Waals surface area contributed by atoms with Gasteiger partial charge in [0.25, 0.3) is 0 Å². The Morgan fingerprint density at radius 2 is 1.27 bits per heavy atom. The predicted octanol–water partition coefficient (Wildman–Crippen LogP) is -0.750. The fourth-order valence-electron chi connectivity index (χ4n) is 1.36. The number of nitrogens with one attached hydrogen (secondary N) is 3. The summed E-state index contributed by atoms with van der Waals surface area (Å²) in [4.78, 5) is 46.3. The van der Waals surface area contributed by atoms with E-state index >= 15 is 0 Å². The molecule has 22 heavy (non-hydrogen) atoms. The quantitative estimate of drug-likeness (QED) is 0.423. The normalized spacial score (nSPS) is 14.0. The molecular weight excluding hydrogens is 290 g/mol. The second-order valence-corrected chi connectivity index (χ2v) is 4.96. The van der Waals surface area contributed by atoms with Gasteiger partial charge >= 0.3 is 5.97 Å². The summed E-state index contributed by atoms with van der Waals surface area (Å²) in [5.41, 5.74) is 0.275. The molecule has 3 amide bonds. The molecule has 8 nitrogen and oxygen atoms in total. The first-order valence-corrected chi connectivity index (χ1v) is 6.75. The number of amides is 3. The first kappa shape index (κ1) is 19.6. The topological polar surface area (TPSA) is 114 Å². The summed E-state index contributed by atoms with van der Waals surface area (Å²) in [6.07, 6.45) is 0. The molecule has 3 N–H and O–H groups in total. The van der Waals surface area contributed by atoms with Gasteiger partial charge in [0.1, 0.15) is 18.1 Å². The van der Waals surface area contributed by atoms with Gasteiger partial charge in [-0.25, -0.2) is 4.79 Å². The Balaban J connectivity index is 4.45. The number of methoxy groups -OCH3 is 1. The van der Waals surface area contributed by atoms with E-state index < -0.39 is 41.8 Å². The first-order valence-electron chi connectivity index (χ1n) is 6.75. The molecular formula is C14H23N3O5. The molecule has 0 rings (SSSR count). The van der Waals surface area contributed by atoms with Crippen LogP contribution in [-0.2, 0) is 23.9 Å². The molecule has 0 saturated heterocycles. The van der Waals surface area contributed by atoms with Crippen LogP contribution in [0.4, 0.5) is 0 Å². The number of esters is 1. The zero-order valence-electron chi connectivity index (χ0n) is 13.5. The number of hydrogen-bond acceptors (Lipinski definition) is 5. The van der Waals surface area contributed by atoms with E-state index in [-0.39, 0.29) is 5.57 Å². The molecule has 124 valence electrons. The number of hydrogen-bond donors (Lipinski definition) is 3. The molecule has 0 aromatic rings. The van der Waals surface area contributed by atoms with E-state index in [4.69, 9.17) is 0 Å². The second-order valence-electron chi connectivity index (χ2n) is 4.96. The van der Waals surface area contributed by atoms with Crippen molar-refractivity contribution in [1.82, 2.24) is 16.0 Å². The largest absolute Gasteiger partial charge is 0.467 e. The fraction of sp³-hybridized carbons (Fsp3) is 0.571. The zero-order chi connectivity index (χ0) is 17.4. The lowest BCUT2D eigenvalue weighted by molar-refractivity contribution is -0.144. The van der Waals surface area contributed by atoms with Gasteiger partial charge in [-0.05, 0) is 27.7 Å². The van der Waals surface area contributed by atoms with Crippen LogP contribution in [0.3, 0.4) is 0 Å². The third-order valence-electron chi connectivity index (χ3n) is 2.79. The average Bonchev–Trinajstić information content (AvgIpc) is 2.45. The van der Waals surface area contributed by atoms with E-state index in [1.165, 1.54) is 34.8 Å². The molecule has 0 unspecified atom stereocenters. The zero-order valence-corrected chi connectivity index (χ0v) is 13.5. The van der Waals surface area contributed by atoms with Crippen molar-refractivity contribution in [2.24, 2.45) is 0 Å². The van der Waals surface area contributed by atoms with Crippen LogP contribution in [0.5, 0.6) is 0 Å². The smallest absolute Gasteiger partial charge is 0.328 e. The Morgan fingerprint density at radius 1 is 0.864 bits per heavy atom. The lowest BCUT2D eigenvalue weighted by Gasteiger charge is -2.19. The molecule has 0 saturated carbocycles. The van der Waals surface area contributed by atoms with Crippen LogP contribution >= 0.6 is 0 Å². The van der Waals surface area contributed by atoms with Crippen molar-refractivity contribution in [2.45, 2.75) is 45.8 Å². The minimum absolute atomic E-state index is 0.275.